The molecule has 4 aromatic carbocycles. The molecular weight excluding hydrogens is 474 g/mol. The quantitative estimate of drug-likeness (QED) is 0.228. The summed E-state index contributed by atoms with van der Waals surface area (Å²) in [5, 5.41) is 16.0. The monoisotopic (exact) mass is 487 g/mol. The van der Waals surface area contributed by atoms with E-state index in [2.05, 4.69) is 26.2 Å². The second-order valence-electron chi connectivity index (χ2n) is 7.07. The van der Waals surface area contributed by atoms with Gasteiger partial charge in [-0.25, -0.2) is 4.98 Å². The number of nitro groups is 1. The number of hydrogen-bond donors (Lipinski definition) is 1. The van der Waals surface area contributed by atoms with E-state index >= 15 is 0 Å². The molecule has 0 radical (unpaired) electrons. The highest BCUT2D eigenvalue weighted by molar-refractivity contribution is 9.10. The Bertz CT molecular complexity index is 1530. The molecule has 0 saturated carbocycles. The molecule has 1 aromatic heterocycles. The molecule has 0 unspecified atom stereocenters. The summed E-state index contributed by atoms with van der Waals surface area (Å²) in [6.45, 7) is 0. The number of benzene rings is 4. The van der Waals surface area contributed by atoms with Gasteiger partial charge in [-0.15, -0.1) is 0 Å². The van der Waals surface area contributed by atoms with Crippen LogP contribution in [0.4, 0.5) is 11.4 Å². The van der Waals surface area contributed by atoms with Crippen molar-refractivity contribution in [1.82, 2.24) is 4.98 Å². The van der Waals surface area contributed by atoms with Gasteiger partial charge in [0.05, 0.1) is 4.92 Å². The lowest BCUT2D eigenvalue weighted by atomic mass is 10.0. The van der Waals surface area contributed by atoms with E-state index in [1.54, 1.807) is 24.3 Å². The van der Waals surface area contributed by atoms with Gasteiger partial charge < -0.3 is 9.73 Å². The van der Waals surface area contributed by atoms with Crippen LogP contribution in [0.25, 0.3) is 33.3 Å². The minimum absolute atomic E-state index is 0.0141. The van der Waals surface area contributed by atoms with Crippen LogP contribution in [0.3, 0.4) is 0 Å². The van der Waals surface area contributed by atoms with Gasteiger partial charge in [0.15, 0.2) is 5.58 Å². The molecule has 1 N–H and O–H groups in total. The minimum Gasteiger partial charge on any atom is -0.436 e. The van der Waals surface area contributed by atoms with Crippen LogP contribution >= 0.6 is 15.9 Å². The van der Waals surface area contributed by atoms with Crippen LogP contribution in [-0.4, -0.2) is 15.8 Å². The molecule has 0 fully saturated rings. The lowest BCUT2D eigenvalue weighted by Crippen LogP contribution is -2.13. The number of rotatable bonds is 4. The van der Waals surface area contributed by atoms with E-state index in [4.69, 9.17) is 4.42 Å². The Hall–Kier alpha value is -4.04. The molecule has 0 spiro atoms. The first-order valence-corrected chi connectivity index (χ1v) is 10.4. The molecule has 0 aliphatic carbocycles. The summed E-state index contributed by atoms with van der Waals surface area (Å²) in [6, 6.07) is 22.7. The molecule has 7 nitrogen and oxygen atoms in total. The van der Waals surface area contributed by atoms with Crippen LogP contribution in [-0.2, 0) is 0 Å². The Kier molecular flexibility index (Phi) is 4.91. The number of aromatic nitrogens is 1. The van der Waals surface area contributed by atoms with Crippen molar-refractivity contribution in [2.45, 2.75) is 0 Å². The van der Waals surface area contributed by atoms with Crippen LogP contribution in [0.1, 0.15) is 10.4 Å². The molecule has 1 heterocycles. The zero-order valence-electron chi connectivity index (χ0n) is 16.4. The van der Waals surface area contributed by atoms with Gasteiger partial charge in [0.2, 0.25) is 5.89 Å². The fourth-order valence-electron chi connectivity index (χ4n) is 3.60. The van der Waals surface area contributed by atoms with E-state index in [-0.39, 0.29) is 11.3 Å². The largest absolute Gasteiger partial charge is 0.436 e. The summed E-state index contributed by atoms with van der Waals surface area (Å²) in [5.74, 6) is -0.106. The van der Waals surface area contributed by atoms with E-state index in [0.29, 0.717) is 22.7 Å². The molecule has 32 heavy (non-hydrogen) atoms. The standard InChI is InChI=1S/C24H14BrN3O4/c25-19-9-4-6-15-16(19)7-3-8-17(15)24-27-20-13-14(11-12-22(20)32-24)26-23(29)18-5-1-2-10-21(18)28(30)31/h1-13H,(H,26,29). The van der Waals surface area contributed by atoms with Crippen molar-refractivity contribution in [2.75, 3.05) is 5.32 Å². The van der Waals surface area contributed by atoms with Gasteiger partial charge in [-0.3, -0.25) is 14.9 Å². The third-order valence-electron chi connectivity index (χ3n) is 5.09. The molecule has 8 heteroatoms. The maximum atomic E-state index is 12.6. The van der Waals surface area contributed by atoms with Crippen LogP contribution < -0.4 is 5.32 Å². The predicted octanol–water partition coefficient (Wildman–Crippen LogP) is 6.57. The zero-order valence-corrected chi connectivity index (χ0v) is 18.0. The van der Waals surface area contributed by atoms with Crippen molar-refractivity contribution in [2.24, 2.45) is 0 Å². The van der Waals surface area contributed by atoms with Crippen LogP contribution in [0.2, 0.25) is 0 Å². The van der Waals surface area contributed by atoms with Crippen LogP contribution in [0.5, 0.6) is 0 Å². The number of hydrogen-bond acceptors (Lipinski definition) is 5. The van der Waals surface area contributed by atoms with Gasteiger partial charge in [0, 0.05) is 21.8 Å². The lowest BCUT2D eigenvalue weighted by molar-refractivity contribution is -0.385. The van der Waals surface area contributed by atoms with Crippen molar-refractivity contribution in [3.63, 3.8) is 0 Å². The molecule has 1 amide bonds. The number of nitrogens with zero attached hydrogens (tertiary/aromatic N) is 2. The number of para-hydroxylation sites is 1. The van der Waals surface area contributed by atoms with Crippen molar-refractivity contribution in [1.29, 1.82) is 0 Å². The van der Waals surface area contributed by atoms with Gasteiger partial charge >= 0.3 is 0 Å². The molecule has 0 aliphatic heterocycles. The zero-order chi connectivity index (χ0) is 22.2. The fraction of sp³-hybridized carbons (Fsp3) is 0. The van der Waals surface area contributed by atoms with Gasteiger partial charge in [0.1, 0.15) is 11.1 Å². The third-order valence-corrected chi connectivity index (χ3v) is 5.78. The average molecular weight is 488 g/mol. The Morgan fingerprint density at radius 1 is 0.969 bits per heavy atom. The predicted molar refractivity (Wildman–Crippen MR) is 126 cm³/mol. The van der Waals surface area contributed by atoms with Crippen molar-refractivity contribution in [3.8, 4) is 11.5 Å². The Morgan fingerprint density at radius 3 is 2.59 bits per heavy atom. The summed E-state index contributed by atoms with van der Waals surface area (Å²) in [7, 11) is 0. The summed E-state index contributed by atoms with van der Waals surface area (Å²) in [4.78, 5) is 27.9. The highest BCUT2D eigenvalue weighted by Crippen LogP contribution is 2.34. The maximum Gasteiger partial charge on any atom is 0.282 e. The van der Waals surface area contributed by atoms with E-state index in [9.17, 15) is 14.9 Å². The van der Waals surface area contributed by atoms with Crippen LogP contribution in [0.15, 0.2) is 87.8 Å². The topological polar surface area (TPSA) is 98.3 Å². The molecular formula is C24H14BrN3O4. The molecule has 0 saturated heterocycles. The minimum atomic E-state index is -0.579. The number of nitro benzene ring substituents is 1. The summed E-state index contributed by atoms with van der Waals surface area (Å²) in [6.07, 6.45) is 0. The Balaban J connectivity index is 1.50. The number of carbonyl (C=O) groups excluding carboxylic acids is 1. The van der Waals surface area contributed by atoms with Crippen molar-refractivity contribution < 1.29 is 14.1 Å². The molecule has 156 valence electrons. The molecule has 0 aliphatic rings. The first-order chi connectivity index (χ1) is 15.5. The Labute approximate surface area is 190 Å². The smallest absolute Gasteiger partial charge is 0.282 e. The molecule has 5 rings (SSSR count). The summed E-state index contributed by atoms with van der Waals surface area (Å²) < 4.78 is 6.95. The first kappa shape index (κ1) is 19.9. The van der Waals surface area contributed by atoms with Gasteiger partial charge in [0.25, 0.3) is 11.6 Å². The SMILES string of the molecule is O=C(Nc1ccc2oc(-c3cccc4c(Br)cccc34)nc2c1)c1ccccc1[N+](=O)[O-]. The number of fused-ring (bicyclic) bond motifs is 2. The fourth-order valence-corrected chi connectivity index (χ4v) is 4.10. The van der Waals surface area contributed by atoms with Gasteiger partial charge in [-0.2, -0.15) is 0 Å². The van der Waals surface area contributed by atoms with Gasteiger partial charge in [-0.05, 0) is 47.2 Å². The van der Waals surface area contributed by atoms with Crippen molar-refractivity contribution in [3.05, 3.63) is 99.0 Å². The average Bonchev–Trinajstić information content (AvgIpc) is 3.22. The summed E-state index contributed by atoms with van der Waals surface area (Å²) in [5.41, 5.74) is 2.17. The van der Waals surface area contributed by atoms with E-state index < -0.39 is 10.8 Å². The number of halogens is 1. The number of carbonyl (C=O) groups is 1. The molecule has 5 aromatic rings. The summed E-state index contributed by atoms with van der Waals surface area (Å²) >= 11 is 3.57. The van der Waals surface area contributed by atoms with E-state index in [1.165, 1.54) is 18.2 Å². The second kappa shape index (κ2) is 7.90. The van der Waals surface area contributed by atoms with E-state index in [1.807, 2.05) is 36.4 Å². The van der Waals surface area contributed by atoms with E-state index in [0.717, 1.165) is 20.8 Å². The maximum absolute atomic E-state index is 12.6. The molecule has 0 atom stereocenters. The normalized spacial score (nSPS) is 11.0. The number of nitrogens with one attached hydrogen (secondary N) is 1. The van der Waals surface area contributed by atoms with Crippen LogP contribution in [0, 0.1) is 10.1 Å². The molecule has 0 bridgehead atoms. The number of oxazole rings is 1. The lowest BCUT2D eigenvalue weighted by Gasteiger charge is -2.05. The number of anilines is 1. The highest BCUT2D eigenvalue weighted by atomic mass is 79.9. The second-order valence-corrected chi connectivity index (χ2v) is 7.92. The van der Waals surface area contributed by atoms with Crippen molar-refractivity contribution >= 4 is 55.1 Å². The third kappa shape index (κ3) is 3.50. The highest BCUT2D eigenvalue weighted by Gasteiger charge is 2.20. The first-order valence-electron chi connectivity index (χ1n) is 9.64. The van der Waals surface area contributed by atoms with Gasteiger partial charge in [-0.1, -0.05) is 52.3 Å². The number of amides is 1. The Morgan fingerprint density at radius 2 is 1.75 bits per heavy atom.